The zero-order chi connectivity index (χ0) is 13.5. The highest BCUT2D eigenvalue weighted by Crippen LogP contribution is 2.12. The minimum atomic E-state index is -0.560. The molecule has 0 bridgehead atoms. The summed E-state index contributed by atoms with van der Waals surface area (Å²) in [6.07, 6.45) is 4.85. The van der Waals surface area contributed by atoms with Gasteiger partial charge < -0.3 is 15.0 Å². The van der Waals surface area contributed by atoms with Crippen molar-refractivity contribution in [1.82, 2.24) is 14.9 Å². The van der Waals surface area contributed by atoms with E-state index in [4.69, 9.17) is 5.26 Å². The van der Waals surface area contributed by atoms with Crippen molar-refractivity contribution in [3.05, 3.63) is 54.1 Å². The normalized spacial score (nSPS) is 12.0. The maximum absolute atomic E-state index is 9.98. The van der Waals surface area contributed by atoms with Gasteiger partial charge in [0.2, 0.25) is 0 Å². The average Bonchev–Trinajstić information content (AvgIpc) is 2.96. The van der Waals surface area contributed by atoms with Gasteiger partial charge in [0.05, 0.1) is 24.1 Å². The molecule has 0 spiro atoms. The number of aromatic nitrogens is 2. The Morgan fingerprint density at radius 2 is 2.16 bits per heavy atom. The summed E-state index contributed by atoms with van der Waals surface area (Å²) in [7, 11) is 0. The predicted molar refractivity (Wildman–Crippen MR) is 71.2 cm³/mol. The van der Waals surface area contributed by atoms with Crippen LogP contribution in [-0.2, 0) is 6.54 Å². The first-order valence-electron chi connectivity index (χ1n) is 6.14. The van der Waals surface area contributed by atoms with Crippen molar-refractivity contribution in [1.29, 1.82) is 5.26 Å². The zero-order valence-electron chi connectivity index (χ0n) is 10.5. The van der Waals surface area contributed by atoms with Gasteiger partial charge in [0, 0.05) is 32.0 Å². The number of benzene rings is 1. The second-order valence-corrected chi connectivity index (χ2v) is 4.25. The summed E-state index contributed by atoms with van der Waals surface area (Å²) in [4.78, 5) is 3.96. The first-order chi connectivity index (χ1) is 9.29. The number of aliphatic hydroxyl groups excluding tert-OH is 1. The first-order valence-corrected chi connectivity index (χ1v) is 6.14. The summed E-state index contributed by atoms with van der Waals surface area (Å²) >= 11 is 0. The molecular formula is C14H16N4O. The first kappa shape index (κ1) is 13.3. The second kappa shape index (κ2) is 6.69. The number of nitriles is 1. The van der Waals surface area contributed by atoms with Crippen LogP contribution >= 0.6 is 0 Å². The lowest BCUT2D eigenvalue weighted by atomic mass is 10.1. The fourth-order valence-corrected chi connectivity index (χ4v) is 1.76. The smallest absolute Gasteiger partial charge is 0.0991 e. The third kappa shape index (κ3) is 3.91. The number of hydrogen-bond donors (Lipinski definition) is 2. The Kier molecular flexibility index (Phi) is 4.67. The summed E-state index contributed by atoms with van der Waals surface area (Å²) in [5.41, 5.74) is 1.41. The third-order valence-electron chi connectivity index (χ3n) is 2.87. The van der Waals surface area contributed by atoms with Crippen LogP contribution < -0.4 is 5.32 Å². The van der Waals surface area contributed by atoms with Gasteiger partial charge >= 0.3 is 0 Å². The number of hydrogen-bond acceptors (Lipinski definition) is 4. The molecule has 0 aliphatic heterocycles. The molecule has 2 rings (SSSR count). The lowest BCUT2D eigenvalue weighted by Gasteiger charge is -2.12. The lowest BCUT2D eigenvalue weighted by molar-refractivity contribution is 0.174. The molecule has 0 saturated carbocycles. The molecule has 0 radical (unpaired) electrons. The van der Waals surface area contributed by atoms with Crippen molar-refractivity contribution in [3.63, 3.8) is 0 Å². The van der Waals surface area contributed by atoms with Gasteiger partial charge in [-0.25, -0.2) is 4.98 Å². The van der Waals surface area contributed by atoms with Crippen molar-refractivity contribution in [2.75, 3.05) is 13.1 Å². The van der Waals surface area contributed by atoms with Crippen molar-refractivity contribution >= 4 is 0 Å². The van der Waals surface area contributed by atoms with Gasteiger partial charge in [-0.15, -0.1) is 0 Å². The van der Waals surface area contributed by atoms with E-state index in [2.05, 4.69) is 16.4 Å². The van der Waals surface area contributed by atoms with Crippen LogP contribution in [0.2, 0.25) is 0 Å². The van der Waals surface area contributed by atoms with Crippen molar-refractivity contribution < 1.29 is 5.11 Å². The molecular weight excluding hydrogens is 240 g/mol. The molecule has 5 heteroatoms. The summed E-state index contributed by atoms with van der Waals surface area (Å²) in [6.45, 7) is 2.07. The number of aliphatic hydroxyl groups is 1. The molecule has 5 nitrogen and oxygen atoms in total. The third-order valence-corrected chi connectivity index (χ3v) is 2.87. The van der Waals surface area contributed by atoms with E-state index in [-0.39, 0.29) is 0 Å². The molecule has 1 aromatic carbocycles. The van der Waals surface area contributed by atoms with Gasteiger partial charge in [-0.1, -0.05) is 12.1 Å². The van der Waals surface area contributed by atoms with Gasteiger partial charge in [-0.05, 0) is 17.7 Å². The topological polar surface area (TPSA) is 73.9 Å². The molecule has 1 aromatic heterocycles. The molecule has 1 heterocycles. The van der Waals surface area contributed by atoms with E-state index in [9.17, 15) is 5.11 Å². The van der Waals surface area contributed by atoms with Crippen LogP contribution in [0.3, 0.4) is 0 Å². The van der Waals surface area contributed by atoms with Crippen LogP contribution in [0.15, 0.2) is 43.0 Å². The van der Waals surface area contributed by atoms with Crippen molar-refractivity contribution in [2.24, 2.45) is 0 Å². The Bertz CT molecular complexity index is 528. The fourth-order valence-electron chi connectivity index (χ4n) is 1.76. The van der Waals surface area contributed by atoms with Crippen LogP contribution in [0.25, 0.3) is 0 Å². The minimum Gasteiger partial charge on any atom is -0.387 e. The highest BCUT2D eigenvalue weighted by Gasteiger charge is 2.06. The van der Waals surface area contributed by atoms with Crippen LogP contribution in [0.4, 0.5) is 0 Å². The molecule has 0 aliphatic carbocycles. The zero-order valence-corrected chi connectivity index (χ0v) is 10.5. The monoisotopic (exact) mass is 256 g/mol. The van der Waals surface area contributed by atoms with Gasteiger partial charge in [0.25, 0.3) is 0 Å². The summed E-state index contributed by atoms with van der Waals surface area (Å²) < 4.78 is 1.97. The van der Waals surface area contributed by atoms with E-state index in [0.29, 0.717) is 12.1 Å². The summed E-state index contributed by atoms with van der Waals surface area (Å²) in [6, 6.07) is 9.04. The number of imidazole rings is 1. The average molecular weight is 256 g/mol. The minimum absolute atomic E-state index is 0.487. The Hall–Kier alpha value is -2.16. The Morgan fingerprint density at radius 3 is 2.79 bits per heavy atom. The van der Waals surface area contributed by atoms with E-state index in [1.54, 1.807) is 36.8 Å². The molecule has 2 aromatic rings. The standard InChI is InChI=1S/C14H16N4O/c15-9-12-1-3-13(4-2-12)14(19)10-16-5-7-18-8-6-17-11-18/h1-4,6,8,11,14,16,19H,5,7,10H2. The van der Waals surface area contributed by atoms with Crippen LogP contribution in [-0.4, -0.2) is 27.7 Å². The molecule has 19 heavy (non-hydrogen) atoms. The van der Waals surface area contributed by atoms with E-state index in [1.165, 1.54) is 0 Å². The maximum atomic E-state index is 9.98. The quantitative estimate of drug-likeness (QED) is 0.758. The highest BCUT2D eigenvalue weighted by atomic mass is 16.3. The van der Waals surface area contributed by atoms with E-state index in [0.717, 1.165) is 18.7 Å². The van der Waals surface area contributed by atoms with Gasteiger partial charge in [0.15, 0.2) is 0 Å². The molecule has 0 fully saturated rings. The molecule has 1 unspecified atom stereocenters. The maximum Gasteiger partial charge on any atom is 0.0991 e. The largest absolute Gasteiger partial charge is 0.387 e. The molecule has 1 atom stereocenters. The van der Waals surface area contributed by atoms with Crippen LogP contribution in [0.1, 0.15) is 17.2 Å². The Morgan fingerprint density at radius 1 is 1.37 bits per heavy atom. The summed E-state index contributed by atoms with van der Waals surface area (Å²) in [5, 5.41) is 21.9. The van der Waals surface area contributed by atoms with Crippen LogP contribution in [0, 0.1) is 11.3 Å². The van der Waals surface area contributed by atoms with Crippen LogP contribution in [0.5, 0.6) is 0 Å². The van der Waals surface area contributed by atoms with Gasteiger partial charge in [-0.2, -0.15) is 5.26 Å². The molecule has 2 N–H and O–H groups in total. The van der Waals surface area contributed by atoms with E-state index in [1.807, 2.05) is 10.8 Å². The van der Waals surface area contributed by atoms with Gasteiger partial charge in [0.1, 0.15) is 0 Å². The number of rotatable bonds is 6. The number of nitrogens with one attached hydrogen (secondary N) is 1. The van der Waals surface area contributed by atoms with E-state index >= 15 is 0 Å². The second-order valence-electron chi connectivity index (χ2n) is 4.25. The molecule has 0 amide bonds. The highest BCUT2D eigenvalue weighted by molar-refractivity contribution is 5.32. The molecule has 98 valence electrons. The Balaban J connectivity index is 1.74. The fraction of sp³-hybridized carbons (Fsp3) is 0.286. The van der Waals surface area contributed by atoms with E-state index < -0.39 is 6.10 Å². The van der Waals surface area contributed by atoms with Gasteiger partial charge in [-0.3, -0.25) is 0 Å². The molecule has 0 saturated heterocycles. The predicted octanol–water partition coefficient (Wildman–Crippen LogP) is 1.08. The number of nitrogens with zero attached hydrogens (tertiary/aromatic N) is 3. The lowest BCUT2D eigenvalue weighted by Crippen LogP contribution is -2.25. The van der Waals surface area contributed by atoms with Crippen molar-refractivity contribution in [2.45, 2.75) is 12.6 Å². The SMILES string of the molecule is N#Cc1ccc(C(O)CNCCn2ccnc2)cc1. The Labute approximate surface area is 112 Å². The molecule has 0 aliphatic rings. The van der Waals surface area contributed by atoms with Crippen molar-refractivity contribution in [3.8, 4) is 6.07 Å². The summed E-state index contributed by atoms with van der Waals surface area (Å²) in [5.74, 6) is 0.